The highest BCUT2D eigenvalue weighted by Crippen LogP contribution is 2.33. The van der Waals surface area contributed by atoms with Gasteiger partial charge in [-0.2, -0.15) is 5.10 Å². The fraction of sp³-hybridized carbons (Fsp3) is 0.464. The van der Waals surface area contributed by atoms with E-state index in [-0.39, 0.29) is 0 Å². The van der Waals surface area contributed by atoms with Crippen LogP contribution in [-0.2, 0) is 11.3 Å². The van der Waals surface area contributed by atoms with E-state index in [2.05, 4.69) is 25.7 Å². The minimum absolute atomic E-state index is 0.327. The highest BCUT2D eigenvalue weighted by molar-refractivity contribution is 5.44. The van der Waals surface area contributed by atoms with Gasteiger partial charge in [0.15, 0.2) is 0 Å². The van der Waals surface area contributed by atoms with Gasteiger partial charge in [0.05, 0.1) is 36.8 Å². The van der Waals surface area contributed by atoms with Crippen LogP contribution in [0.15, 0.2) is 54.6 Å². The fourth-order valence-electron chi connectivity index (χ4n) is 3.91. The molecule has 7 nitrogen and oxygen atoms in total. The van der Waals surface area contributed by atoms with Crippen LogP contribution in [0.25, 0.3) is 5.69 Å². The third kappa shape index (κ3) is 7.82. The Balaban J connectivity index is 1.89. The second kappa shape index (κ2) is 13.3. The van der Waals surface area contributed by atoms with Crippen molar-refractivity contribution in [3.63, 3.8) is 0 Å². The summed E-state index contributed by atoms with van der Waals surface area (Å²) in [6.45, 7) is 11.3. The minimum Gasteiger partial charge on any atom is -0.497 e. The molecule has 1 aromatic heterocycles. The number of para-hydroxylation sites is 1. The first-order valence-electron chi connectivity index (χ1n) is 12.3. The summed E-state index contributed by atoms with van der Waals surface area (Å²) in [5.41, 5.74) is 2.79. The van der Waals surface area contributed by atoms with Gasteiger partial charge in [-0.25, -0.2) is 4.68 Å². The lowest BCUT2D eigenvalue weighted by Crippen LogP contribution is -2.35. The van der Waals surface area contributed by atoms with Crippen LogP contribution in [0.2, 0.25) is 0 Å². The van der Waals surface area contributed by atoms with Crippen LogP contribution in [0.1, 0.15) is 38.4 Å². The quantitative estimate of drug-likeness (QED) is 0.340. The van der Waals surface area contributed by atoms with Gasteiger partial charge >= 0.3 is 0 Å². The average molecular weight is 482 g/mol. The van der Waals surface area contributed by atoms with Crippen molar-refractivity contribution in [2.75, 3.05) is 33.4 Å². The van der Waals surface area contributed by atoms with E-state index in [1.165, 1.54) is 0 Å². The van der Waals surface area contributed by atoms with E-state index in [1.54, 1.807) is 7.11 Å². The number of aryl methyl sites for hydroxylation is 1. The van der Waals surface area contributed by atoms with Crippen molar-refractivity contribution in [3.8, 4) is 23.1 Å². The number of ether oxygens (including phenoxy) is 3. The van der Waals surface area contributed by atoms with E-state index in [1.807, 2.05) is 66.2 Å². The Labute approximate surface area is 209 Å². The Morgan fingerprint density at radius 1 is 1.03 bits per heavy atom. The van der Waals surface area contributed by atoms with Gasteiger partial charge in [0.25, 0.3) is 0 Å². The molecule has 35 heavy (non-hydrogen) atoms. The predicted molar refractivity (Wildman–Crippen MR) is 139 cm³/mol. The molecule has 1 atom stereocenters. The van der Waals surface area contributed by atoms with Crippen molar-refractivity contribution in [2.24, 2.45) is 5.92 Å². The topological polar surface area (TPSA) is 69.0 Å². The lowest BCUT2D eigenvalue weighted by molar-refractivity contribution is 0.00681. The first kappa shape index (κ1) is 26.7. The van der Waals surface area contributed by atoms with Gasteiger partial charge < -0.3 is 19.3 Å². The molecule has 0 saturated carbocycles. The molecule has 7 heteroatoms. The molecule has 0 amide bonds. The van der Waals surface area contributed by atoms with Gasteiger partial charge in [-0.1, -0.05) is 45.0 Å². The Hall–Kier alpha value is -2.87. The summed E-state index contributed by atoms with van der Waals surface area (Å²) in [7, 11) is 1.64. The number of rotatable bonds is 14. The minimum atomic E-state index is -0.562. The molecule has 190 valence electrons. The molecule has 0 aliphatic carbocycles. The Morgan fingerprint density at radius 2 is 1.77 bits per heavy atom. The van der Waals surface area contributed by atoms with E-state index < -0.39 is 6.10 Å². The van der Waals surface area contributed by atoms with Crippen LogP contribution in [0, 0.1) is 12.8 Å². The lowest BCUT2D eigenvalue weighted by atomic mass is 10.2. The third-order valence-electron chi connectivity index (χ3n) is 5.55. The summed E-state index contributed by atoms with van der Waals surface area (Å²) in [6.07, 6.45) is 0.407. The van der Waals surface area contributed by atoms with Crippen LogP contribution in [0.5, 0.6) is 17.4 Å². The molecule has 0 aliphatic rings. The molecule has 0 aliphatic heterocycles. The smallest absolute Gasteiger partial charge is 0.227 e. The SMILES string of the molecule is CCCN(Cc1c(C)nn(-c2ccccc2)c1Oc1cccc(OC)c1)C[C@@H](O)COCC(C)C. The Morgan fingerprint density at radius 3 is 2.46 bits per heavy atom. The molecule has 1 N–H and O–H groups in total. The molecule has 0 bridgehead atoms. The molecule has 0 saturated heterocycles. The van der Waals surface area contributed by atoms with E-state index >= 15 is 0 Å². The molecule has 0 radical (unpaired) electrons. The first-order chi connectivity index (χ1) is 16.9. The summed E-state index contributed by atoms with van der Waals surface area (Å²) in [4.78, 5) is 2.24. The van der Waals surface area contributed by atoms with Gasteiger partial charge in [-0.15, -0.1) is 0 Å². The van der Waals surface area contributed by atoms with Crippen molar-refractivity contribution in [1.29, 1.82) is 0 Å². The molecular weight excluding hydrogens is 442 g/mol. The molecular formula is C28H39N3O4. The maximum absolute atomic E-state index is 10.6. The number of aromatic nitrogens is 2. The summed E-state index contributed by atoms with van der Waals surface area (Å²) in [6, 6.07) is 17.5. The average Bonchev–Trinajstić information content (AvgIpc) is 3.14. The third-order valence-corrected chi connectivity index (χ3v) is 5.55. The highest BCUT2D eigenvalue weighted by Gasteiger charge is 2.22. The molecule has 2 aromatic carbocycles. The number of aliphatic hydroxyl groups excluding tert-OH is 1. The van der Waals surface area contributed by atoms with Crippen LogP contribution < -0.4 is 9.47 Å². The molecule has 0 spiro atoms. The maximum atomic E-state index is 10.6. The number of aliphatic hydroxyl groups is 1. The van der Waals surface area contributed by atoms with E-state index in [4.69, 9.17) is 19.3 Å². The van der Waals surface area contributed by atoms with Crippen LogP contribution in [0.3, 0.4) is 0 Å². The molecule has 0 fully saturated rings. The summed E-state index contributed by atoms with van der Waals surface area (Å²) < 4.78 is 19.3. The Bertz CT molecular complexity index is 1040. The molecule has 3 aromatic rings. The number of hydrogen-bond donors (Lipinski definition) is 1. The zero-order valence-electron chi connectivity index (χ0n) is 21.6. The largest absolute Gasteiger partial charge is 0.497 e. The van der Waals surface area contributed by atoms with Crippen LogP contribution >= 0.6 is 0 Å². The standard InChI is InChI=1S/C28H39N3O4/c1-6-15-30(17-24(32)20-34-19-21(2)3)18-27-22(4)29-31(23-11-8-7-9-12-23)28(27)35-26-14-10-13-25(16-26)33-5/h7-14,16,21,24,32H,6,15,17-20H2,1-5H3/t24-/m1/s1. The number of hydrogen-bond acceptors (Lipinski definition) is 6. The number of methoxy groups -OCH3 is 1. The highest BCUT2D eigenvalue weighted by atomic mass is 16.5. The second-order valence-electron chi connectivity index (χ2n) is 9.22. The Kier molecular flexibility index (Phi) is 10.1. The normalized spacial score (nSPS) is 12.3. The first-order valence-corrected chi connectivity index (χ1v) is 12.3. The van der Waals surface area contributed by atoms with Gasteiger partial charge in [-0.05, 0) is 50.1 Å². The van der Waals surface area contributed by atoms with Crippen molar-refractivity contribution in [1.82, 2.24) is 14.7 Å². The second-order valence-corrected chi connectivity index (χ2v) is 9.22. The maximum Gasteiger partial charge on any atom is 0.227 e. The molecule has 3 rings (SSSR count). The van der Waals surface area contributed by atoms with Crippen molar-refractivity contribution >= 4 is 0 Å². The van der Waals surface area contributed by atoms with Crippen LogP contribution in [0.4, 0.5) is 0 Å². The van der Waals surface area contributed by atoms with Crippen molar-refractivity contribution < 1.29 is 19.3 Å². The predicted octanol–water partition coefficient (Wildman–Crippen LogP) is 5.23. The summed E-state index contributed by atoms with van der Waals surface area (Å²) in [5, 5.41) is 15.4. The van der Waals surface area contributed by atoms with Gasteiger partial charge in [-0.3, -0.25) is 4.90 Å². The van der Waals surface area contributed by atoms with Gasteiger partial charge in [0.2, 0.25) is 5.88 Å². The van der Waals surface area contributed by atoms with Crippen molar-refractivity contribution in [3.05, 3.63) is 65.9 Å². The van der Waals surface area contributed by atoms with Crippen molar-refractivity contribution in [2.45, 2.75) is 46.8 Å². The molecule has 0 unspecified atom stereocenters. The summed E-state index contributed by atoms with van der Waals surface area (Å²) >= 11 is 0. The molecule has 1 heterocycles. The van der Waals surface area contributed by atoms with E-state index in [0.29, 0.717) is 43.9 Å². The zero-order chi connectivity index (χ0) is 25.2. The van der Waals surface area contributed by atoms with E-state index in [0.717, 1.165) is 35.7 Å². The fourth-order valence-corrected chi connectivity index (χ4v) is 3.91. The van der Waals surface area contributed by atoms with Crippen LogP contribution in [-0.4, -0.2) is 59.3 Å². The number of nitrogens with zero attached hydrogens (tertiary/aromatic N) is 3. The van der Waals surface area contributed by atoms with Gasteiger partial charge in [0, 0.05) is 25.8 Å². The zero-order valence-corrected chi connectivity index (χ0v) is 21.6. The monoisotopic (exact) mass is 481 g/mol. The summed E-state index contributed by atoms with van der Waals surface area (Å²) in [5.74, 6) is 2.50. The lowest BCUT2D eigenvalue weighted by Gasteiger charge is -2.25. The number of benzene rings is 2. The van der Waals surface area contributed by atoms with Gasteiger partial charge in [0.1, 0.15) is 11.5 Å². The van der Waals surface area contributed by atoms with E-state index in [9.17, 15) is 5.11 Å².